The number of thioether (sulfide) groups is 1. The molecular weight excluding hydrogens is 418 g/mol. The predicted octanol–water partition coefficient (Wildman–Crippen LogP) is 4.69. The van der Waals surface area contributed by atoms with E-state index in [0.29, 0.717) is 22.0 Å². The molecule has 1 aliphatic carbocycles. The zero-order valence-electron chi connectivity index (χ0n) is 18.4. The normalized spacial score (nSPS) is 18.1. The fourth-order valence-electron chi connectivity index (χ4n) is 4.63. The number of amides is 1. The van der Waals surface area contributed by atoms with Crippen molar-refractivity contribution in [3.63, 3.8) is 0 Å². The average molecular weight is 448 g/mol. The van der Waals surface area contributed by atoms with Crippen LogP contribution in [0.3, 0.4) is 0 Å². The van der Waals surface area contributed by atoms with Gasteiger partial charge in [0, 0.05) is 19.1 Å². The van der Waals surface area contributed by atoms with Crippen LogP contribution in [-0.2, 0) is 11.2 Å². The highest BCUT2D eigenvalue weighted by atomic mass is 32.2. The summed E-state index contributed by atoms with van der Waals surface area (Å²) in [6, 6.07) is 18.3. The van der Waals surface area contributed by atoms with Crippen molar-refractivity contribution in [3.05, 3.63) is 70.5 Å². The van der Waals surface area contributed by atoms with E-state index >= 15 is 0 Å². The van der Waals surface area contributed by atoms with Gasteiger partial charge in [-0.1, -0.05) is 54.2 Å². The molecule has 2 fully saturated rings. The number of piperidine rings is 1. The van der Waals surface area contributed by atoms with Gasteiger partial charge in [-0.05, 0) is 62.6 Å². The standard InChI is InChI=1S/C26H29N3O2S/c1-18(24(30)28-15-13-20(14-16-28)17-19-7-3-2-4-8-19)32-26-27-23-10-6-5-9-22(23)25(31)29(26)21-11-12-21/h2-10,18,20-21H,11-17H2,1H3. The Morgan fingerprint density at radius 3 is 2.44 bits per heavy atom. The molecule has 1 saturated heterocycles. The van der Waals surface area contributed by atoms with Gasteiger partial charge in [0.15, 0.2) is 5.16 Å². The first kappa shape index (κ1) is 21.3. The van der Waals surface area contributed by atoms with Crippen LogP contribution in [0.5, 0.6) is 0 Å². The van der Waals surface area contributed by atoms with Crippen molar-refractivity contribution in [2.45, 2.75) is 55.5 Å². The number of para-hydroxylation sites is 1. The van der Waals surface area contributed by atoms with Crippen molar-refractivity contribution in [2.24, 2.45) is 5.92 Å². The highest BCUT2D eigenvalue weighted by Gasteiger charge is 2.31. The Labute approximate surface area is 192 Å². The fraction of sp³-hybridized carbons (Fsp3) is 0.423. The summed E-state index contributed by atoms with van der Waals surface area (Å²) in [5.41, 5.74) is 2.10. The molecule has 2 aromatic carbocycles. The number of aromatic nitrogens is 2. The lowest BCUT2D eigenvalue weighted by molar-refractivity contribution is -0.131. The lowest BCUT2D eigenvalue weighted by atomic mass is 9.90. The summed E-state index contributed by atoms with van der Waals surface area (Å²) < 4.78 is 1.82. The van der Waals surface area contributed by atoms with Crippen LogP contribution in [0, 0.1) is 5.92 Å². The number of likely N-dealkylation sites (tertiary alicyclic amines) is 1. The third kappa shape index (κ3) is 4.46. The molecule has 5 nitrogen and oxygen atoms in total. The Morgan fingerprint density at radius 1 is 1.03 bits per heavy atom. The van der Waals surface area contributed by atoms with E-state index in [9.17, 15) is 9.59 Å². The second kappa shape index (κ2) is 9.10. The summed E-state index contributed by atoms with van der Waals surface area (Å²) in [4.78, 5) is 33.1. The van der Waals surface area contributed by atoms with Gasteiger partial charge < -0.3 is 4.90 Å². The van der Waals surface area contributed by atoms with Gasteiger partial charge in [0.05, 0.1) is 16.2 Å². The molecule has 0 radical (unpaired) electrons. The number of carbonyl (C=O) groups is 1. The maximum atomic E-state index is 13.2. The van der Waals surface area contributed by atoms with Gasteiger partial charge in [-0.3, -0.25) is 14.2 Å². The summed E-state index contributed by atoms with van der Waals surface area (Å²) in [5.74, 6) is 0.782. The predicted molar refractivity (Wildman–Crippen MR) is 129 cm³/mol. The van der Waals surface area contributed by atoms with Gasteiger partial charge in [0.1, 0.15) is 0 Å². The monoisotopic (exact) mass is 447 g/mol. The average Bonchev–Trinajstić information content (AvgIpc) is 3.65. The van der Waals surface area contributed by atoms with E-state index in [-0.39, 0.29) is 22.8 Å². The van der Waals surface area contributed by atoms with Gasteiger partial charge in [0.2, 0.25) is 5.91 Å². The molecule has 0 spiro atoms. The molecule has 1 aliphatic heterocycles. The van der Waals surface area contributed by atoms with Crippen molar-refractivity contribution in [1.29, 1.82) is 0 Å². The van der Waals surface area contributed by atoms with Crippen LogP contribution in [0.25, 0.3) is 10.9 Å². The number of hydrogen-bond donors (Lipinski definition) is 0. The quantitative estimate of drug-likeness (QED) is 0.406. The minimum absolute atomic E-state index is 0.0157. The Balaban J connectivity index is 1.26. The number of fused-ring (bicyclic) bond motifs is 1. The van der Waals surface area contributed by atoms with Crippen LogP contribution < -0.4 is 5.56 Å². The lowest BCUT2D eigenvalue weighted by Crippen LogP contribution is -2.42. The van der Waals surface area contributed by atoms with E-state index in [0.717, 1.165) is 45.2 Å². The first-order valence-electron chi connectivity index (χ1n) is 11.6. The van der Waals surface area contributed by atoms with Crippen LogP contribution in [0.15, 0.2) is 64.5 Å². The Morgan fingerprint density at radius 2 is 1.72 bits per heavy atom. The highest BCUT2D eigenvalue weighted by molar-refractivity contribution is 8.00. The molecule has 6 heteroatoms. The highest BCUT2D eigenvalue weighted by Crippen LogP contribution is 2.38. The Bertz CT molecular complexity index is 1160. The second-order valence-electron chi connectivity index (χ2n) is 9.04. The van der Waals surface area contributed by atoms with Crippen LogP contribution in [-0.4, -0.2) is 38.7 Å². The number of rotatable bonds is 6. The topological polar surface area (TPSA) is 55.2 Å². The van der Waals surface area contributed by atoms with E-state index < -0.39 is 0 Å². The minimum atomic E-state index is -0.265. The maximum absolute atomic E-state index is 13.2. The largest absolute Gasteiger partial charge is 0.342 e. The SMILES string of the molecule is CC(Sc1nc2ccccc2c(=O)n1C1CC1)C(=O)N1CCC(Cc2ccccc2)CC1. The number of hydrogen-bond acceptors (Lipinski definition) is 4. The van der Waals surface area contributed by atoms with Crippen LogP contribution in [0.1, 0.15) is 44.2 Å². The summed E-state index contributed by atoms with van der Waals surface area (Å²) in [5, 5.41) is 1.07. The lowest BCUT2D eigenvalue weighted by Gasteiger charge is -2.33. The summed E-state index contributed by atoms with van der Waals surface area (Å²) in [6.07, 6.45) is 5.18. The van der Waals surface area contributed by atoms with Crippen molar-refractivity contribution in [2.75, 3.05) is 13.1 Å². The molecule has 2 heterocycles. The van der Waals surface area contributed by atoms with Gasteiger partial charge >= 0.3 is 0 Å². The molecule has 3 aromatic rings. The van der Waals surface area contributed by atoms with E-state index in [1.807, 2.05) is 40.7 Å². The molecule has 166 valence electrons. The Hall–Kier alpha value is -2.60. The van der Waals surface area contributed by atoms with Gasteiger partial charge in [-0.2, -0.15) is 0 Å². The summed E-state index contributed by atoms with van der Waals surface area (Å²) >= 11 is 1.43. The molecule has 1 saturated carbocycles. The smallest absolute Gasteiger partial charge is 0.262 e. The molecule has 1 unspecified atom stereocenters. The van der Waals surface area contributed by atoms with E-state index in [2.05, 4.69) is 30.3 Å². The second-order valence-corrected chi connectivity index (χ2v) is 10.3. The zero-order chi connectivity index (χ0) is 22.1. The third-order valence-corrected chi connectivity index (χ3v) is 7.66. The first-order chi connectivity index (χ1) is 15.6. The third-order valence-electron chi connectivity index (χ3n) is 6.61. The van der Waals surface area contributed by atoms with Gasteiger partial charge in [0.25, 0.3) is 5.56 Å². The molecular formula is C26H29N3O2S. The van der Waals surface area contributed by atoms with Crippen LogP contribution in [0.2, 0.25) is 0 Å². The van der Waals surface area contributed by atoms with Crippen molar-refractivity contribution in [1.82, 2.24) is 14.5 Å². The molecule has 2 aliphatic rings. The maximum Gasteiger partial charge on any atom is 0.262 e. The summed E-state index contributed by atoms with van der Waals surface area (Å²) in [7, 11) is 0. The van der Waals surface area contributed by atoms with Gasteiger partial charge in [-0.15, -0.1) is 0 Å². The molecule has 0 bridgehead atoms. The van der Waals surface area contributed by atoms with E-state index in [4.69, 9.17) is 4.98 Å². The van der Waals surface area contributed by atoms with Gasteiger partial charge in [-0.25, -0.2) is 4.98 Å². The molecule has 1 aromatic heterocycles. The first-order valence-corrected chi connectivity index (χ1v) is 12.5. The molecule has 1 amide bonds. The van der Waals surface area contributed by atoms with Crippen LogP contribution >= 0.6 is 11.8 Å². The van der Waals surface area contributed by atoms with E-state index in [1.54, 1.807) is 0 Å². The fourth-order valence-corrected chi connectivity index (χ4v) is 5.70. The van der Waals surface area contributed by atoms with Crippen molar-refractivity contribution >= 4 is 28.6 Å². The van der Waals surface area contributed by atoms with Crippen molar-refractivity contribution < 1.29 is 4.79 Å². The number of nitrogens with zero attached hydrogens (tertiary/aromatic N) is 3. The van der Waals surface area contributed by atoms with Crippen molar-refractivity contribution in [3.8, 4) is 0 Å². The minimum Gasteiger partial charge on any atom is -0.342 e. The number of carbonyl (C=O) groups excluding carboxylic acids is 1. The zero-order valence-corrected chi connectivity index (χ0v) is 19.3. The molecule has 0 N–H and O–H groups in total. The summed E-state index contributed by atoms with van der Waals surface area (Å²) in [6.45, 7) is 3.56. The number of benzene rings is 2. The molecule has 5 rings (SSSR count). The molecule has 1 atom stereocenters. The van der Waals surface area contributed by atoms with Crippen LogP contribution in [0.4, 0.5) is 0 Å². The molecule has 32 heavy (non-hydrogen) atoms. The van der Waals surface area contributed by atoms with E-state index in [1.165, 1.54) is 17.3 Å². The Kier molecular flexibility index (Phi) is 6.05.